The summed E-state index contributed by atoms with van der Waals surface area (Å²) < 4.78 is 18.6. The van der Waals surface area contributed by atoms with Gasteiger partial charge in [0, 0.05) is 5.92 Å². The summed E-state index contributed by atoms with van der Waals surface area (Å²) >= 11 is 0. The SMILES string of the molecule is CCCCOc1cc(CCCC)cc(C(C)CF)c1. The van der Waals surface area contributed by atoms with Crippen LogP contribution in [0.4, 0.5) is 4.39 Å². The van der Waals surface area contributed by atoms with E-state index in [4.69, 9.17) is 4.74 Å². The van der Waals surface area contributed by atoms with E-state index in [0.29, 0.717) is 0 Å². The van der Waals surface area contributed by atoms with E-state index in [1.165, 1.54) is 18.4 Å². The molecular weight excluding hydrogens is 239 g/mol. The molecule has 108 valence electrons. The summed E-state index contributed by atoms with van der Waals surface area (Å²) in [6, 6.07) is 6.24. The maximum atomic E-state index is 12.9. The minimum absolute atomic E-state index is 0.0462. The number of benzene rings is 1. The second-order valence-corrected chi connectivity index (χ2v) is 5.27. The smallest absolute Gasteiger partial charge is 0.119 e. The third-order valence-electron chi connectivity index (χ3n) is 3.37. The Balaban J connectivity index is 2.82. The number of halogens is 1. The van der Waals surface area contributed by atoms with E-state index in [0.717, 1.165) is 37.2 Å². The van der Waals surface area contributed by atoms with Crippen molar-refractivity contribution >= 4 is 0 Å². The van der Waals surface area contributed by atoms with E-state index < -0.39 is 0 Å². The number of hydrogen-bond acceptors (Lipinski definition) is 1. The fraction of sp³-hybridized carbons (Fsp3) is 0.647. The van der Waals surface area contributed by atoms with Gasteiger partial charge in [-0.1, -0.05) is 39.7 Å². The lowest BCUT2D eigenvalue weighted by molar-refractivity contribution is 0.308. The summed E-state index contributed by atoms with van der Waals surface area (Å²) in [5, 5.41) is 0. The van der Waals surface area contributed by atoms with Gasteiger partial charge in [0.05, 0.1) is 13.3 Å². The Morgan fingerprint density at radius 2 is 1.84 bits per heavy atom. The van der Waals surface area contributed by atoms with Gasteiger partial charge in [-0.25, -0.2) is 0 Å². The molecule has 0 bridgehead atoms. The number of hydrogen-bond donors (Lipinski definition) is 0. The lowest BCUT2D eigenvalue weighted by Crippen LogP contribution is -2.01. The van der Waals surface area contributed by atoms with Crippen LogP contribution in [0.25, 0.3) is 0 Å². The minimum atomic E-state index is -0.314. The van der Waals surface area contributed by atoms with E-state index in [2.05, 4.69) is 26.0 Å². The van der Waals surface area contributed by atoms with E-state index >= 15 is 0 Å². The van der Waals surface area contributed by atoms with Crippen LogP contribution in [0.2, 0.25) is 0 Å². The molecule has 0 saturated heterocycles. The molecule has 0 amide bonds. The highest BCUT2D eigenvalue weighted by molar-refractivity contribution is 5.36. The normalized spacial score (nSPS) is 12.4. The zero-order valence-electron chi connectivity index (χ0n) is 12.5. The zero-order chi connectivity index (χ0) is 14.1. The Morgan fingerprint density at radius 3 is 2.47 bits per heavy atom. The van der Waals surface area contributed by atoms with Crippen molar-refractivity contribution in [2.45, 2.75) is 58.8 Å². The molecule has 1 rings (SSSR count). The highest BCUT2D eigenvalue weighted by atomic mass is 19.1. The van der Waals surface area contributed by atoms with Crippen LogP contribution in [0.3, 0.4) is 0 Å². The number of ether oxygens (including phenoxy) is 1. The predicted octanol–water partition coefficient (Wildman–Crippen LogP) is 5.28. The fourth-order valence-corrected chi connectivity index (χ4v) is 2.00. The number of aryl methyl sites for hydroxylation is 1. The van der Waals surface area contributed by atoms with Crippen LogP contribution < -0.4 is 4.74 Å². The van der Waals surface area contributed by atoms with E-state index in [9.17, 15) is 4.39 Å². The van der Waals surface area contributed by atoms with Crippen molar-refractivity contribution in [1.82, 2.24) is 0 Å². The number of unbranched alkanes of at least 4 members (excludes halogenated alkanes) is 2. The van der Waals surface area contributed by atoms with E-state index in [-0.39, 0.29) is 12.6 Å². The first-order valence-electron chi connectivity index (χ1n) is 7.53. The Labute approximate surface area is 117 Å². The Hall–Kier alpha value is -1.05. The van der Waals surface area contributed by atoms with Gasteiger partial charge in [-0.05, 0) is 42.5 Å². The first kappa shape index (κ1) is 16.0. The summed E-state index contributed by atoms with van der Waals surface area (Å²) in [5.74, 6) is 0.854. The summed E-state index contributed by atoms with van der Waals surface area (Å²) in [7, 11) is 0. The molecule has 1 atom stereocenters. The monoisotopic (exact) mass is 266 g/mol. The van der Waals surface area contributed by atoms with Crippen LogP contribution in [0.15, 0.2) is 18.2 Å². The zero-order valence-corrected chi connectivity index (χ0v) is 12.5. The van der Waals surface area contributed by atoms with Gasteiger partial charge < -0.3 is 4.74 Å². The van der Waals surface area contributed by atoms with Crippen LogP contribution in [0, 0.1) is 0 Å². The summed E-state index contributed by atoms with van der Waals surface area (Å²) in [6.07, 6.45) is 5.58. The molecule has 0 aliphatic heterocycles. The Bertz CT molecular complexity index is 362. The van der Waals surface area contributed by atoms with Crippen LogP contribution >= 0.6 is 0 Å². The lowest BCUT2D eigenvalue weighted by Gasteiger charge is -2.14. The molecule has 1 nitrogen and oxygen atoms in total. The molecule has 19 heavy (non-hydrogen) atoms. The highest BCUT2D eigenvalue weighted by Crippen LogP contribution is 2.25. The molecule has 0 heterocycles. The third-order valence-corrected chi connectivity index (χ3v) is 3.37. The quantitative estimate of drug-likeness (QED) is 0.552. The molecule has 0 aliphatic rings. The van der Waals surface area contributed by atoms with Gasteiger partial charge in [-0.3, -0.25) is 4.39 Å². The lowest BCUT2D eigenvalue weighted by atomic mass is 9.97. The predicted molar refractivity (Wildman–Crippen MR) is 79.8 cm³/mol. The van der Waals surface area contributed by atoms with Crippen LogP contribution in [0.5, 0.6) is 5.75 Å². The molecule has 0 saturated carbocycles. The molecule has 0 radical (unpaired) electrons. The summed E-state index contributed by atoms with van der Waals surface area (Å²) in [5.41, 5.74) is 2.33. The minimum Gasteiger partial charge on any atom is -0.494 e. The molecule has 1 aromatic rings. The van der Waals surface area contributed by atoms with Gasteiger partial charge >= 0.3 is 0 Å². The van der Waals surface area contributed by atoms with Crippen LogP contribution in [-0.4, -0.2) is 13.3 Å². The molecule has 0 fully saturated rings. The van der Waals surface area contributed by atoms with Gasteiger partial charge in [0.25, 0.3) is 0 Å². The molecule has 0 aromatic heterocycles. The molecule has 2 heteroatoms. The van der Waals surface area contributed by atoms with E-state index in [1.54, 1.807) is 0 Å². The van der Waals surface area contributed by atoms with Crippen molar-refractivity contribution in [1.29, 1.82) is 0 Å². The van der Waals surface area contributed by atoms with Crippen molar-refractivity contribution in [3.05, 3.63) is 29.3 Å². The highest BCUT2D eigenvalue weighted by Gasteiger charge is 2.09. The average Bonchev–Trinajstić information content (AvgIpc) is 2.44. The maximum Gasteiger partial charge on any atom is 0.119 e. The Kier molecular flexibility index (Phi) is 7.54. The van der Waals surface area contributed by atoms with Crippen LogP contribution in [-0.2, 0) is 6.42 Å². The van der Waals surface area contributed by atoms with Crippen molar-refractivity contribution in [3.63, 3.8) is 0 Å². The van der Waals surface area contributed by atoms with Gasteiger partial charge in [-0.2, -0.15) is 0 Å². The van der Waals surface area contributed by atoms with Crippen molar-refractivity contribution < 1.29 is 9.13 Å². The number of alkyl halides is 1. The standard InChI is InChI=1S/C17H27FO/c1-4-6-8-15-10-16(14(3)13-18)12-17(11-15)19-9-7-5-2/h10-12,14H,4-9,13H2,1-3H3. The first-order chi connectivity index (χ1) is 9.21. The van der Waals surface area contributed by atoms with Crippen molar-refractivity contribution in [3.8, 4) is 5.75 Å². The fourth-order valence-electron chi connectivity index (χ4n) is 2.00. The van der Waals surface area contributed by atoms with Gasteiger partial charge in [0.2, 0.25) is 0 Å². The van der Waals surface area contributed by atoms with Gasteiger partial charge in [-0.15, -0.1) is 0 Å². The van der Waals surface area contributed by atoms with Crippen molar-refractivity contribution in [2.75, 3.05) is 13.3 Å². The third kappa shape index (κ3) is 5.63. The molecule has 1 unspecified atom stereocenters. The Morgan fingerprint density at radius 1 is 1.11 bits per heavy atom. The first-order valence-corrected chi connectivity index (χ1v) is 7.53. The molecule has 1 aromatic carbocycles. The topological polar surface area (TPSA) is 9.23 Å². The van der Waals surface area contributed by atoms with Crippen molar-refractivity contribution in [2.24, 2.45) is 0 Å². The van der Waals surface area contributed by atoms with Crippen LogP contribution in [0.1, 0.15) is 63.5 Å². The summed E-state index contributed by atoms with van der Waals surface area (Å²) in [6.45, 7) is 6.70. The van der Waals surface area contributed by atoms with Gasteiger partial charge in [0.15, 0.2) is 0 Å². The second-order valence-electron chi connectivity index (χ2n) is 5.27. The van der Waals surface area contributed by atoms with Gasteiger partial charge in [0.1, 0.15) is 5.75 Å². The molecule has 0 aliphatic carbocycles. The largest absolute Gasteiger partial charge is 0.494 e. The second kappa shape index (κ2) is 8.95. The molecule has 0 spiro atoms. The average molecular weight is 266 g/mol. The maximum absolute atomic E-state index is 12.9. The molecule has 0 N–H and O–H groups in total. The number of rotatable bonds is 9. The summed E-state index contributed by atoms with van der Waals surface area (Å²) in [4.78, 5) is 0. The molecular formula is C17H27FO. The van der Waals surface area contributed by atoms with E-state index in [1.807, 2.05) is 13.0 Å².